The highest BCUT2D eigenvalue weighted by molar-refractivity contribution is 5.55. The van der Waals surface area contributed by atoms with Crippen LogP contribution >= 0.6 is 0 Å². The van der Waals surface area contributed by atoms with E-state index in [4.69, 9.17) is 4.74 Å². The summed E-state index contributed by atoms with van der Waals surface area (Å²) in [6.45, 7) is 4.32. The van der Waals surface area contributed by atoms with Crippen LogP contribution in [0.1, 0.15) is 25.3 Å². The molecule has 0 spiro atoms. The first-order valence-corrected chi connectivity index (χ1v) is 6.96. The number of hydrogen-bond acceptors (Lipinski definition) is 4. The molecule has 3 aromatic rings. The summed E-state index contributed by atoms with van der Waals surface area (Å²) in [7, 11) is 1.83. The Balaban J connectivity index is 2.01. The molecule has 5 heteroatoms. The summed E-state index contributed by atoms with van der Waals surface area (Å²) in [5.41, 5.74) is 1.93. The summed E-state index contributed by atoms with van der Waals surface area (Å²) in [6, 6.07) is 8.06. The van der Waals surface area contributed by atoms with Gasteiger partial charge < -0.3 is 10.1 Å². The minimum atomic E-state index is 0.455. The average Bonchev–Trinajstić information content (AvgIpc) is 2.96. The highest BCUT2D eigenvalue weighted by Crippen LogP contribution is 2.27. The zero-order chi connectivity index (χ0) is 14.8. The largest absolute Gasteiger partial charge is 0.436 e. The molecule has 0 aliphatic rings. The maximum absolute atomic E-state index is 5.95. The summed E-state index contributed by atoms with van der Waals surface area (Å²) in [4.78, 5) is 8.74. The van der Waals surface area contributed by atoms with Crippen LogP contribution in [0.15, 0.2) is 42.9 Å². The normalized spacial score (nSPS) is 11.0. The van der Waals surface area contributed by atoms with Crippen LogP contribution in [0.5, 0.6) is 11.6 Å². The van der Waals surface area contributed by atoms with Gasteiger partial charge in [0.25, 0.3) is 5.88 Å². The molecule has 1 aromatic carbocycles. The molecule has 0 amide bonds. The third-order valence-electron chi connectivity index (χ3n) is 3.34. The van der Waals surface area contributed by atoms with Gasteiger partial charge in [-0.25, -0.2) is 4.98 Å². The minimum absolute atomic E-state index is 0.455. The fourth-order valence-corrected chi connectivity index (χ4v) is 2.14. The SMILES string of the molecule is CNc1cn2ccnc2c(Oc2cccc(C(C)C)c2)n1. The molecule has 0 saturated carbocycles. The molecule has 3 rings (SSSR count). The lowest BCUT2D eigenvalue weighted by molar-refractivity contribution is 0.465. The lowest BCUT2D eigenvalue weighted by Crippen LogP contribution is -2.00. The lowest BCUT2D eigenvalue weighted by atomic mass is 10.0. The van der Waals surface area contributed by atoms with Crippen molar-refractivity contribution in [2.24, 2.45) is 0 Å². The van der Waals surface area contributed by atoms with Crippen molar-refractivity contribution in [2.75, 3.05) is 12.4 Å². The van der Waals surface area contributed by atoms with E-state index in [1.54, 1.807) is 6.20 Å². The van der Waals surface area contributed by atoms with Gasteiger partial charge in [0.1, 0.15) is 11.6 Å². The molecule has 21 heavy (non-hydrogen) atoms. The molecule has 2 heterocycles. The second-order valence-electron chi connectivity index (χ2n) is 5.17. The van der Waals surface area contributed by atoms with E-state index in [-0.39, 0.29) is 0 Å². The van der Waals surface area contributed by atoms with Crippen LogP contribution in [-0.2, 0) is 0 Å². The Labute approximate surface area is 123 Å². The predicted molar refractivity (Wildman–Crippen MR) is 83.1 cm³/mol. The Morgan fingerprint density at radius 3 is 2.90 bits per heavy atom. The number of fused-ring (bicyclic) bond motifs is 1. The first-order chi connectivity index (χ1) is 10.2. The van der Waals surface area contributed by atoms with E-state index in [0.717, 1.165) is 11.6 Å². The number of nitrogens with zero attached hydrogens (tertiary/aromatic N) is 3. The van der Waals surface area contributed by atoms with Gasteiger partial charge >= 0.3 is 0 Å². The van der Waals surface area contributed by atoms with Gasteiger partial charge in [-0.3, -0.25) is 4.40 Å². The highest BCUT2D eigenvalue weighted by Gasteiger charge is 2.10. The Morgan fingerprint density at radius 2 is 2.14 bits per heavy atom. The van der Waals surface area contributed by atoms with Crippen LogP contribution in [-0.4, -0.2) is 21.4 Å². The number of rotatable bonds is 4. The van der Waals surface area contributed by atoms with Crippen LogP contribution in [0.4, 0.5) is 5.82 Å². The molecule has 0 aliphatic heterocycles. The smallest absolute Gasteiger partial charge is 0.265 e. The van der Waals surface area contributed by atoms with Crippen LogP contribution in [0.2, 0.25) is 0 Å². The van der Waals surface area contributed by atoms with Crippen LogP contribution in [0.25, 0.3) is 5.65 Å². The molecule has 0 fully saturated rings. The summed E-state index contributed by atoms with van der Waals surface area (Å²) < 4.78 is 7.84. The summed E-state index contributed by atoms with van der Waals surface area (Å²) in [6.07, 6.45) is 5.48. The van der Waals surface area contributed by atoms with Gasteiger partial charge in [0.05, 0.1) is 6.20 Å². The van der Waals surface area contributed by atoms with E-state index < -0.39 is 0 Å². The monoisotopic (exact) mass is 282 g/mol. The molecular weight excluding hydrogens is 264 g/mol. The molecular formula is C16H18N4O. The zero-order valence-electron chi connectivity index (χ0n) is 12.4. The number of benzene rings is 1. The van der Waals surface area contributed by atoms with Gasteiger partial charge in [-0.2, -0.15) is 4.98 Å². The quantitative estimate of drug-likeness (QED) is 0.793. The Morgan fingerprint density at radius 1 is 1.29 bits per heavy atom. The fourth-order valence-electron chi connectivity index (χ4n) is 2.14. The van der Waals surface area contributed by atoms with E-state index in [1.165, 1.54) is 5.56 Å². The fraction of sp³-hybridized carbons (Fsp3) is 0.250. The first kappa shape index (κ1) is 13.4. The second-order valence-corrected chi connectivity index (χ2v) is 5.17. The zero-order valence-corrected chi connectivity index (χ0v) is 12.4. The lowest BCUT2D eigenvalue weighted by Gasteiger charge is -2.11. The van der Waals surface area contributed by atoms with Crippen LogP contribution < -0.4 is 10.1 Å². The van der Waals surface area contributed by atoms with Crippen molar-refractivity contribution in [3.63, 3.8) is 0 Å². The van der Waals surface area contributed by atoms with Crippen molar-refractivity contribution in [1.29, 1.82) is 0 Å². The molecule has 0 bridgehead atoms. The van der Waals surface area contributed by atoms with Crippen molar-refractivity contribution in [3.8, 4) is 11.6 Å². The molecule has 2 aromatic heterocycles. The number of imidazole rings is 1. The van der Waals surface area contributed by atoms with Gasteiger partial charge in [0.2, 0.25) is 5.65 Å². The maximum atomic E-state index is 5.95. The molecule has 5 nitrogen and oxygen atoms in total. The summed E-state index contributed by atoms with van der Waals surface area (Å²) >= 11 is 0. The van der Waals surface area contributed by atoms with Crippen molar-refractivity contribution < 1.29 is 4.74 Å². The van der Waals surface area contributed by atoms with E-state index in [9.17, 15) is 0 Å². The second kappa shape index (κ2) is 5.44. The molecule has 0 atom stereocenters. The van der Waals surface area contributed by atoms with E-state index in [2.05, 4.69) is 35.2 Å². The molecule has 0 unspecified atom stereocenters. The Bertz CT molecular complexity index is 764. The van der Waals surface area contributed by atoms with Crippen molar-refractivity contribution in [3.05, 3.63) is 48.4 Å². The molecule has 0 radical (unpaired) electrons. The van der Waals surface area contributed by atoms with Gasteiger partial charge in [-0.05, 0) is 23.6 Å². The first-order valence-electron chi connectivity index (χ1n) is 6.96. The summed E-state index contributed by atoms with van der Waals surface area (Å²) in [5, 5.41) is 3.02. The standard InChI is InChI=1S/C16H18N4O/c1-11(2)12-5-4-6-13(9-12)21-16-15-18-7-8-20(15)10-14(17-3)19-16/h4-11,17H,1-3H3. The van der Waals surface area contributed by atoms with Gasteiger partial charge in [-0.1, -0.05) is 26.0 Å². The number of hydrogen-bond donors (Lipinski definition) is 1. The van der Waals surface area contributed by atoms with E-state index in [0.29, 0.717) is 17.4 Å². The third kappa shape index (κ3) is 2.67. The molecule has 1 N–H and O–H groups in total. The number of anilines is 1. The summed E-state index contributed by atoms with van der Waals surface area (Å²) in [5.74, 6) is 2.45. The van der Waals surface area contributed by atoms with Gasteiger partial charge in [-0.15, -0.1) is 0 Å². The molecule has 0 aliphatic carbocycles. The highest BCUT2D eigenvalue weighted by atomic mass is 16.5. The maximum Gasteiger partial charge on any atom is 0.265 e. The Kier molecular flexibility index (Phi) is 3.48. The average molecular weight is 282 g/mol. The molecule has 0 saturated heterocycles. The van der Waals surface area contributed by atoms with Crippen molar-refractivity contribution in [1.82, 2.24) is 14.4 Å². The van der Waals surface area contributed by atoms with Crippen molar-refractivity contribution in [2.45, 2.75) is 19.8 Å². The number of nitrogens with one attached hydrogen (secondary N) is 1. The van der Waals surface area contributed by atoms with E-state index in [1.807, 2.05) is 42.0 Å². The van der Waals surface area contributed by atoms with Crippen LogP contribution in [0, 0.1) is 0 Å². The van der Waals surface area contributed by atoms with Crippen molar-refractivity contribution >= 4 is 11.5 Å². The topological polar surface area (TPSA) is 51.5 Å². The third-order valence-corrected chi connectivity index (χ3v) is 3.34. The van der Waals surface area contributed by atoms with Gasteiger partial charge in [0.15, 0.2) is 0 Å². The predicted octanol–water partition coefficient (Wildman–Crippen LogP) is 3.69. The number of ether oxygens (including phenoxy) is 1. The molecule has 108 valence electrons. The number of aromatic nitrogens is 3. The Hall–Kier alpha value is -2.56. The van der Waals surface area contributed by atoms with Crippen LogP contribution in [0.3, 0.4) is 0 Å². The van der Waals surface area contributed by atoms with E-state index >= 15 is 0 Å². The minimum Gasteiger partial charge on any atom is -0.436 e. The van der Waals surface area contributed by atoms with Gasteiger partial charge in [0, 0.05) is 19.4 Å².